The molecular weight excluding hydrogens is 747 g/mol. The Morgan fingerprint density at radius 3 is 1.16 bits per heavy atom. The standard InChI is InChI=1S/C39H59N13O6/c1-30(40)45-24-33(53)47-37(57)28-51-20-18-49(26-35(55)43-14-12-31-8-4-2-5-9-31)16-17-50(27-36(56)44-15-13-32-10-6-3-7-11-32)19-21-52(23-22-51)29-38(58)48-34(54)25-46-39(41)42/h2-11H,12-29H2,1H3,(H2,40,45)(H,43,55)(H,44,56)(H4,41,42,46)(H,47,53,57)(H,48,54,58). The van der Waals surface area contributed by atoms with Crippen molar-refractivity contribution in [2.24, 2.45) is 27.2 Å². The minimum atomic E-state index is -0.678. The van der Waals surface area contributed by atoms with E-state index in [4.69, 9.17) is 17.2 Å². The summed E-state index contributed by atoms with van der Waals surface area (Å²) < 4.78 is 0. The average molecular weight is 806 g/mol. The van der Waals surface area contributed by atoms with Gasteiger partial charge in [0.25, 0.3) is 0 Å². The summed E-state index contributed by atoms with van der Waals surface area (Å²) in [5, 5.41) is 10.6. The molecule has 0 radical (unpaired) electrons. The highest BCUT2D eigenvalue weighted by Gasteiger charge is 2.22. The molecule has 58 heavy (non-hydrogen) atoms. The van der Waals surface area contributed by atoms with Crippen molar-refractivity contribution in [3.05, 3.63) is 71.8 Å². The normalized spacial score (nSPS) is 15.2. The van der Waals surface area contributed by atoms with Gasteiger partial charge in [-0.1, -0.05) is 60.7 Å². The molecule has 0 spiro atoms. The van der Waals surface area contributed by atoms with Crippen molar-refractivity contribution >= 4 is 47.2 Å². The third-order valence-corrected chi connectivity index (χ3v) is 8.99. The largest absolute Gasteiger partial charge is 0.388 e. The van der Waals surface area contributed by atoms with Crippen LogP contribution in [0.2, 0.25) is 0 Å². The Morgan fingerprint density at radius 1 is 0.500 bits per heavy atom. The van der Waals surface area contributed by atoms with Crippen LogP contribution >= 0.6 is 0 Å². The van der Waals surface area contributed by atoms with Gasteiger partial charge in [-0.25, -0.2) is 4.99 Å². The molecule has 1 aliphatic rings. The minimum absolute atomic E-state index is 0.0803. The molecule has 0 unspecified atom stereocenters. The molecule has 316 valence electrons. The first-order chi connectivity index (χ1) is 27.8. The SMILES string of the molecule is CC(N)=NCC(=O)NC(=O)CN1CCN(CC(=O)NCCc2ccccc2)CCN(CC(=O)NCCc2ccccc2)CCN(CC(=O)NC(=O)CN=C(N)N)CC1. The molecule has 1 saturated heterocycles. The van der Waals surface area contributed by atoms with E-state index in [2.05, 4.69) is 31.3 Å². The molecule has 3 rings (SSSR count). The summed E-state index contributed by atoms with van der Waals surface area (Å²) in [6.45, 7) is 4.38. The number of imide groups is 2. The Morgan fingerprint density at radius 2 is 0.828 bits per heavy atom. The molecule has 2 aromatic carbocycles. The zero-order valence-electron chi connectivity index (χ0n) is 33.4. The smallest absolute Gasteiger partial charge is 0.248 e. The van der Waals surface area contributed by atoms with Gasteiger partial charge in [-0.2, -0.15) is 0 Å². The Hall–Kier alpha value is -5.76. The number of hydrogen-bond acceptors (Lipinski definition) is 12. The highest BCUT2D eigenvalue weighted by Crippen LogP contribution is 2.03. The lowest BCUT2D eigenvalue weighted by Crippen LogP contribution is -2.52. The third kappa shape index (κ3) is 21.0. The van der Waals surface area contributed by atoms with E-state index in [-0.39, 0.29) is 69.4 Å². The first-order valence-corrected chi connectivity index (χ1v) is 19.3. The van der Waals surface area contributed by atoms with Crippen LogP contribution in [-0.4, -0.2) is 172 Å². The molecule has 19 heteroatoms. The number of benzene rings is 2. The van der Waals surface area contributed by atoms with E-state index in [1.54, 1.807) is 0 Å². The van der Waals surface area contributed by atoms with Crippen LogP contribution in [0, 0.1) is 0 Å². The van der Waals surface area contributed by atoms with Crippen molar-refractivity contribution in [2.75, 3.05) is 105 Å². The van der Waals surface area contributed by atoms with E-state index in [1.807, 2.05) is 80.3 Å². The summed E-state index contributed by atoms with van der Waals surface area (Å²) in [4.78, 5) is 92.1. The number of aliphatic imine (C=N–C) groups is 2. The number of nitrogens with zero attached hydrogens (tertiary/aromatic N) is 6. The summed E-state index contributed by atoms with van der Waals surface area (Å²) in [5.74, 6) is -2.82. The number of carbonyl (C=O) groups excluding carboxylic acids is 6. The zero-order valence-corrected chi connectivity index (χ0v) is 33.4. The molecule has 0 bridgehead atoms. The summed E-state index contributed by atoms with van der Waals surface area (Å²) in [6.07, 6.45) is 1.35. The maximum atomic E-state index is 13.2. The van der Waals surface area contributed by atoms with E-state index in [0.29, 0.717) is 65.2 Å². The number of amidine groups is 1. The van der Waals surface area contributed by atoms with Gasteiger partial charge in [0.05, 0.1) is 32.0 Å². The second kappa shape index (κ2) is 26.2. The van der Waals surface area contributed by atoms with Crippen molar-refractivity contribution in [2.45, 2.75) is 19.8 Å². The number of carbonyl (C=O) groups is 6. The van der Waals surface area contributed by atoms with Crippen LogP contribution in [0.1, 0.15) is 18.1 Å². The average Bonchev–Trinajstić information content (AvgIpc) is 3.18. The van der Waals surface area contributed by atoms with Gasteiger partial charge in [0.15, 0.2) is 5.96 Å². The molecular formula is C39H59N13O6. The third-order valence-electron chi connectivity index (χ3n) is 8.99. The van der Waals surface area contributed by atoms with Crippen LogP contribution in [-0.2, 0) is 41.6 Å². The molecule has 0 saturated carbocycles. The molecule has 1 aliphatic heterocycles. The second-order valence-corrected chi connectivity index (χ2v) is 13.9. The van der Waals surface area contributed by atoms with Crippen molar-refractivity contribution in [3.63, 3.8) is 0 Å². The van der Waals surface area contributed by atoms with E-state index < -0.39 is 30.2 Å². The Balaban J connectivity index is 1.75. The number of nitrogens with two attached hydrogens (primary N) is 3. The number of guanidine groups is 1. The Bertz CT molecular complexity index is 1560. The number of hydrogen-bond donors (Lipinski definition) is 7. The molecule has 2 aromatic rings. The van der Waals surface area contributed by atoms with Gasteiger partial charge in [0.2, 0.25) is 35.4 Å². The van der Waals surface area contributed by atoms with Gasteiger partial charge >= 0.3 is 0 Å². The van der Waals surface area contributed by atoms with Crippen molar-refractivity contribution in [1.29, 1.82) is 0 Å². The van der Waals surface area contributed by atoms with Crippen LogP contribution in [0.5, 0.6) is 0 Å². The predicted molar refractivity (Wildman–Crippen MR) is 221 cm³/mol. The minimum Gasteiger partial charge on any atom is -0.388 e. The quantitative estimate of drug-likeness (QED) is 0.0581. The molecule has 19 nitrogen and oxygen atoms in total. The summed E-state index contributed by atoms with van der Waals surface area (Å²) >= 11 is 0. The van der Waals surface area contributed by atoms with E-state index >= 15 is 0 Å². The van der Waals surface area contributed by atoms with E-state index in [0.717, 1.165) is 11.1 Å². The Kier molecular flexibility index (Phi) is 21.1. The zero-order chi connectivity index (χ0) is 42.1. The van der Waals surface area contributed by atoms with E-state index in [9.17, 15) is 28.8 Å². The Labute approximate surface area is 339 Å². The highest BCUT2D eigenvalue weighted by molar-refractivity contribution is 5.98. The van der Waals surface area contributed by atoms with Crippen LogP contribution in [0.25, 0.3) is 0 Å². The van der Waals surface area contributed by atoms with E-state index in [1.165, 1.54) is 6.92 Å². The van der Waals surface area contributed by atoms with Crippen LogP contribution in [0.15, 0.2) is 70.6 Å². The van der Waals surface area contributed by atoms with Crippen molar-refractivity contribution in [3.8, 4) is 0 Å². The maximum Gasteiger partial charge on any atom is 0.248 e. The number of amides is 6. The first kappa shape index (κ1) is 46.6. The molecule has 0 aromatic heterocycles. The maximum absolute atomic E-state index is 13.2. The number of rotatable bonds is 18. The molecule has 1 heterocycles. The van der Waals surface area contributed by atoms with Gasteiger partial charge in [-0.05, 0) is 30.9 Å². The summed E-state index contributed by atoms with van der Waals surface area (Å²) in [6, 6.07) is 19.7. The summed E-state index contributed by atoms with van der Waals surface area (Å²) in [7, 11) is 0. The van der Waals surface area contributed by atoms with Gasteiger partial charge < -0.3 is 27.8 Å². The van der Waals surface area contributed by atoms with Crippen LogP contribution in [0.4, 0.5) is 0 Å². The fourth-order valence-corrected chi connectivity index (χ4v) is 5.95. The van der Waals surface area contributed by atoms with Crippen LogP contribution < -0.4 is 38.5 Å². The molecule has 10 N–H and O–H groups in total. The van der Waals surface area contributed by atoms with Gasteiger partial charge in [-0.3, -0.25) is 64.0 Å². The summed E-state index contributed by atoms with van der Waals surface area (Å²) in [5.41, 5.74) is 18.4. The fourth-order valence-electron chi connectivity index (χ4n) is 5.95. The number of nitrogens with one attached hydrogen (secondary N) is 4. The molecule has 0 aliphatic carbocycles. The van der Waals surface area contributed by atoms with Crippen molar-refractivity contribution < 1.29 is 28.8 Å². The topological polar surface area (TPSA) is 266 Å². The van der Waals surface area contributed by atoms with Crippen molar-refractivity contribution in [1.82, 2.24) is 40.9 Å². The lowest BCUT2D eigenvalue weighted by molar-refractivity contribution is -0.132. The van der Waals surface area contributed by atoms with Crippen LogP contribution in [0.3, 0.4) is 0 Å². The molecule has 0 atom stereocenters. The second-order valence-electron chi connectivity index (χ2n) is 13.9. The van der Waals surface area contributed by atoms with Gasteiger partial charge in [0, 0.05) is 65.4 Å². The van der Waals surface area contributed by atoms with Gasteiger partial charge in [0.1, 0.15) is 13.1 Å². The monoisotopic (exact) mass is 805 g/mol. The fraction of sp³-hybridized carbons (Fsp3) is 0.487. The lowest BCUT2D eigenvalue weighted by Gasteiger charge is -2.33. The molecule has 1 fully saturated rings. The molecule has 6 amide bonds. The predicted octanol–water partition coefficient (Wildman–Crippen LogP) is -3.14. The highest BCUT2D eigenvalue weighted by atomic mass is 16.2. The lowest BCUT2D eigenvalue weighted by atomic mass is 10.1. The van der Waals surface area contributed by atoms with Gasteiger partial charge in [-0.15, -0.1) is 0 Å². The first-order valence-electron chi connectivity index (χ1n) is 19.3.